The molecule has 0 bridgehead atoms. The minimum atomic E-state index is -0.583. The van der Waals surface area contributed by atoms with Gasteiger partial charge in [-0.3, -0.25) is 9.69 Å². The smallest absolute Gasteiger partial charge is 0.251 e. The topological polar surface area (TPSA) is 61.8 Å². The van der Waals surface area contributed by atoms with E-state index in [2.05, 4.69) is 10.2 Å². The van der Waals surface area contributed by atoms with E-state index in [0.29, 0.717) is 30.3 Å². The van der Waals surface area contributed by atoms with Gasteiger partial charge in [-0.25, -0.2) is 0 Å². The quantitative estimate of drug-likeness (QED) is 0.854. The van der Waals surface area contributed by atoms with Gasteiger partial charge in [0.1, 0.15) is 0 Å². The summed E-state index contributed by atoms with van der Waals surface area (Å²) in [6, 6.07) is 5.13. The van der Waals surface area contributed by atoms with Gasteiger partial charge in [-0.2, -0.15) is 0 Å². The molecule has 1 amide bonds. The second-order valence-corrected chi connectivity index (χ2v) is 5.65. The lowest BCUT2D eigenvalue weighted by molar-refractivity contribution is 0.0149. The van der Waals surface area contributed by atoms with Gasteiger partial charge >= 0.3 is 0 Å². The van der Waals surface area contributed by atoms with Crippen LogP contribution in [0.4, 0.5) is 0 Å². The molecule has 1 aliphatic heterocycles. The summed E-state index contributed by atoms with van der Waals surface area (Å²) in [5.74, 6) is -0.198. The van der Waals surface area contributed by atoms with Crippen LogP contribution in [0.3, 0.4) is 0 Å². The maximum atomic E-state index is 12.0. The number of nitrogens with one attached hydrogen (secondary N) is 1. The fourth-order valence-corrected chi connectivity index (χ4v) is 2.36. The molecule has 6 heteroatoms. The number of halogens is 1. The Morgan fingerprint density at radius 2 is 2.19 bits per heavy atom. The van der Waals surface area contributed by atoms with Crippen molar-refractivity contribution in [2.45, 2.75) is 13.0 Å². The summed E-state index contributed by atoms with van der Waals surface area (Å²) < 4.78 is 5.25. The van der Waals surface area contributed by atoms with Crippen molar-refractivity contribution in [2.75, 3.05) is 39.4 Å². The van der Waals surface area contributed by atoms with Crippen LogP contribution in [0.5, 0.6) is 0 Å². The summed E-state index contributed by atoms with van der Waals surface area (Å²) in [4.78, 5) is 14.1. The van der Waals surface area contributed by atoms with Crippen molar-refractivity contribution in [1.29, 1.82) is 0 Å². The first-order chi connectivity index (χ1) is 10.1. The Bertz CT molecular complexity index is 490. The van der Waals surface area contributed by atoms with Crippen LogP contribution in [-0.4, -0.2) is 61.4 Å². The van der Waals surface area contributed by atoms with E-state index >= 15 is 0 Å². The molecule has 1 aromatic carbocycles. The van der Waals surface area contributed by atoms with Crippen molar-refractivity contribution < 1.29 is 14.6 Å². The van der Waals surface area contributed by atoms with Gasteiger partial charge in [-0.1, -0.05) is 11.6 Å². The standard InChI is InChI=1S/C15H21ClN2O3/c1-11-8-12(2-3-14(11)16)15(20)17-9-13(19)10-18-4-6-21-7-5-18/h2-3,8,13,19H,4-7,9-10H2,1H3,(H,17,20). The second-order valence-electron chi connectivity index (χ2n) is 5.24. The lowest BCUT2D eigenvalue weighted by Gasteiger charge is -2.28. The van der Waals surface area contributed by atoms with Crippen molar-refractivity contribution in [3.63, 3.8) is 0 Å². The van der Waals surface area contributed by atoms with Gasteiger partial charge in [0.05, 0.1) is 19.3 Å². The number of ether oxygens (including phenoxy) is 1. The Balaban J connectivity index is 1.78. The third-order valence-corrected chi connectivity index (χ3v) is 3.92. The minimum absolute atomic E-state index is 0.198. The Kier molecular flexibility index (Phi) is 5.99. The molecule has 0 saturated carbocycles. The van der Waals surface area contributed by atoms with Crippen LogP contribution in [0, 0.1) is 6.92 Å². The highest BCUT2D eigenvalue weighted by Crippen LogP contribution is 2.16. The molecule has 1 aliphatic rings. The summed E-state index contributed by atoms with van der Waals surface area (Å²) in [5, 5.41) is 13.4. The number of rotatable bonds is 5. The molecule has 116 valence electrons. The van der Waals surface area contributed by atoms with Gasteiger partial charge in [-0.15, -0.1) is 0 Å². The number of morpholine rings is 1. The monoisotopic (exact) mass is 312 g/mol. The van der Waals surface area contributed by atoms with E-state index < -0.39 is 6.10 Å². The van der Waals surface area contributed by atoms with Gasteiger partial charge in [0.2, 0.25) is 0 Å². The third kappa shape index (κ3) is 4.97. The average Bonchev–Trinajstić information content (AvgIpc) is 2.48. The number of hydrogen-bond acceptors (Lipinski definition) is 4. The Morgan fingerprint density at radius 3 is 2.86 bits per heavy atom. The molecule has 1 heterocycles. The number of β-amino-alcohol motifs (C(OH)–C–C–N with tert-alkyl or cyclic N) is 1. The van der Waals surface area contributed by atoms with Crippen LogP contribution in [0.15, 0.2) is 18.2 Å². The summed E-state index contributed by atoms with van der Waals surface area (Å²) in [6.07, 6.45) is -0.583. The highest BCUT2D eigenvalue weighted by molar-refractivity contribution is 6.31. The predicted molar refractivity (Wildman–Crippen MR) is 81.8 cm³/mol. The van der Waals surface area contributed by atoms with Gasteiger partial charge in [-0.05, 0) is 30.7 Å². The molecule has 0 radical (unpaired) electrons. The summed E-state index contributed by atoms with van der Waals surface area (Å²) >= 11 is 5.93. The van der Waals surface area contributed by atoms with Crippen molar-refractivity contribution in [3.8, 4) is 0 Å². The number of aliphatic hydroxyl groups excluding tert-OH is 1. The largest absolute Gasteiger partial charge is 0.390 e. The number of hydrogen-bond donors (Lipinski definition) is 2. The molecule has 21 heavy (non-hydrogen) atoms. The molecule has 0 spiro atoms. The lowest BCUT2D eigenvalue weighted by Crippen LogP contribution is -2.44. The molecule has 2 rings (SSSR count). The van der Waals surface area contributed by atoms with Gasteiger partial charge < -0.3 is 15.2 Å². The zero-order valence-electron chi connectivity index (χ0n) is 12.1. The molecule has 1 fully saturated rings. The fraction of sp³-hybridized carbons (Fsp3) is 0.533. The van der Waals surface area contributed by atoms with Gasteiger partial charge in [0, 0.05) is 36.8 Å². The number of aryl methyl sites for hydroxylation is 1. The zero-order chi connectivity index (χ0) is 15.2. The van der Waals surface area contributed by atoms with E-state index in [0.717, 1.165) is 18.7 Å². The molecule has 1 unspecified atom stereocenters. The van der Waals surface area contributed by atoms with Crippen LogP contribution in [-0.2, 0) is 4.74 Å². The van der Waals surface area contributed by atoms with E-state index in [-0.39, 0.29) is 12.5 Å². The number of aliphatic hydroxyl groups is 1. The maximum Gasteiger partial charge on any atom is 0.251 e. The Morgan fingerprint density at radius 1 is 1.48 bits per heavy atom. The van der Waals surface area contributed by atoms with E-state index in [1.54, 1.807) is 18.2 Å². The summed E-state index contributed by atoms with van der Waals surface area (Å²) in [6.45, 7) is 5.67. The van der Waals surface area contributed by atoms with E-state index in [1.807, 2.05) is 6.92 Å². The second kappa shape index (κ2) is 7.75. The molecule has 5 nitrogen and oxygen atoms in total. The van der Waals surface area contributed by atoms with Crippen LogP contribution in [0.2, 0.25) is 5.02 Å². The summed E-state index contributed by atoms with van der Waals surface area (Å²) in [5.41, 5.74) is 1.41. The number of carbonyl (C=O) groups is 1. The van der Waals surface area contributed by atoms with Crippen LogP contribution in [0.1, 0.15) is 15.9 Å². The molecule has 0 aromatic heterocycles. The number of benzene rings is 1. The van der Waals surface area contributed by atoms with Crippen LogP contribution < -0.4 is 5.32 Å². The first kappa shape index (κ1) is 16.2. The SMILES string of the molecule is Cc1cc(C(=O)NCC(O)CN2CCOCC2)ccc1Cl. The first-order valence-electron chi connectivity index (χ1n) is 7.09. The molecule has 1 aromatic rings. The fourth-order valence-electron chi connectivity index (χ4n) is 2.24. The van der Waals surface area contributed by atoms with E-state index in [4.69, 9.17) is 16.3 Å². The zero-order valence-corrected chi connectivity index (χ0v) is 12.9. The lowest BCUT2D eigenvalue weighted by atomic mass is 10.1. The molecule has 1 atom stereocenters. The molecule has 0 aliphatic carbocycles. The Labute approximate surface area is 129 Å². The highest BCUT2D eigenvalue weighted by atomic mass is 35.5. The Hall–Kier alpha value is -1.14. The van der Waals surface area contributed by atoms with E-state index in [1.165, 1.54) is 0 Å². The number of carbonyl (C=O) groups excluding carboxylic acids is 1. The van der Waals surface area contributed by atoms with Crippen molar-refractivity contribution >= 4 is 17.5 Å². The molecule has 2 N–H and O–H groups in total. The number of amides is 1. The first-order valence-corrected chi connectivity index (χ1v) is 7.46. The third-order valence-electron chi connectivity index (χ3n) is 3.49. The average molecular weight is 313 g/mol. The van der Waals surface area contributed by atoms with Gasteiger partial charge in [0.15, 0.2) is 0 Å². The van der Waals surface area contributed by atoms with Crippen molar-refractivity contribution in [1.82, 2.24) is 10.2 Å². The van der Waals surface area contributed by atoms with E-state index in [9.17, 15) is 9.90 Å². The van der Waals surface area contributed by atoms with Crippen molar-refractivity contribution in [2.24, 2.45) is 0 Å². The highest BCUT2D eigenvalue weighted by Gasteiger charge is 2.16. The van der Waals surface area contributed by atoms with Crippen molar-refractivity contribution in [3.05, 3.63) is 34.3 Å². The summed E-state index contributed by atoms with van der Waals surface area (Å²) in [7, 11) is 0. The molecular weight excluding hydrogens is 292 g/mol. The molecular formula is C15H21ClN2O3. The normalized spacial score (nSPS) is 17.5. The minimum Gasteiger partial charge on any atom is -0.390 e. The van der Waals surface area contributed by atoms with Gasteiger partial charge in [0.25, 0.3) is 5.91 Å². The van der Waals surface area contributed by atoms with Crippen LogP contribution in [0.25, 0.3) is 0 Å². The predicted octanol–water partition coefficient (Wildman–Crippen LogP) is 1.07. The molecule has 1 saturated heterocycles. The number of nitrogens with zero attached hydrogens (tertiary/aromatic N) is 1. The van der Waals surface area contributed by atoms with Crippen LogP contribution >= 0.6 is 11.6 Å². The maximum absolute atomic E-state index is 12.0.